The second kappa shape index (κ2) is 15.2. The first kappa shape index (κ1) is 45.0. The molecule has 4 heterocycles. The summed E-state index contributed by atoms with van der Waals surface area (Å²) in [6.45, 7) is 19.8. The summed E-state index contributed by atoms with van der Waals surface area (Å²) < 4.78 is 8.32. The van der Waals surface area contributed by atoms with Crippen LogP contribution in [0.1, 0.15) is 126 Å². The van der Waals surface area contributed by atoms with E-state index >= 15 is 0 Å². The number of hydrogen-bond acceptors (Lipinski definition) is 4. The Kier molecular flexibility index (Phi) is 9.15. The van der Waals surface area contributed by atoms with Gasteiger partial charge in [-0.3, -0.25) is 0 Å². The molecule has 4 aliphatic rings. The smallest absolute Gasteiger partial charge is 0.193 e. The van der Waals surface area contributed by atoms with E-state index in [9.17, 15) is 0 Å². The summed E-state index contributed by atoms with van der Waals surface area (Å²) in [7, 11) is 0.897. The summed E-state index contributed by atoms with van der Waals surface area (Å²) in [6.07, 6.45) is 5.79. The van der Waals surface area contributed by atoms with Crippen molar-refractivity contribution in [3.63, 3.8) is 0 Å². The van der Waals surface area contributed by atoms with Crippen LogP contribution < -0.4 is 16.2 Å². The van der Waals surface area contributed by atoms with Crippen molar-refractivity contribution in [3.8, 4) is 22.3 Å². The lowest BCUT2D eigenvalue weighted by atomic mass is 9.50. The Morgan fingerprint density at radius 3 is 1.75 bits per heavy atom. The van der Waals surface area contributed by atoms with Crippen molar-refractivity contribution in [2.24, 2.45) is 0 Å². The predicted octanol–water partition coefficient (Wildman–Crippen LogP) is 19.1. The van der Waals surface area contributed by atoms with E-state index in [2.05, 4.69) is 200 Å². The number of benzene rings is 9. The number of rotatable bonds is 3. The lowest BCUT2D eigenvalue weighted by molar-refractivity contribution is 0.332. The Morgan fingerprint density at radius 1 is 0.440 bits per heavy atom. The van der Waals surface area contributed by atoms with Crippen LogP contribution in [-0.2, 0) is 28.1 Å². The van der Waals surface area contributed by atoms with Gasteiger partial charge in [-0.2, -0.15) is 0 Å². The maximum Gasteiger partial charge on any atom is 0.193 e. The van der Waals surface area contributed by atoms with Gasteiger partial charge in [0, 0.05) is 83.4 Å². The third kappa shape index (κ3) is 6.35. The first-order valence-corrected chi connectivity index (χ1v) is 30.0. The molecule has 5 heteroatoms. The molecule has 0 saturated carbocycles. The third-order valence-corrected chi connectivity index (χ3v) is 22.8. The lowest BCUT2D eigenvalue weighted by Gasteiger charge is -2.42. The molecule has 1 nitrogen and oxygen atoms in total. The summed E-state index contributed by atoms with van der Waals surface area (Å²) in [5, 5.41) is 15.3. The van der Waals surface area contributed by atoms with E-state index < -0.39 is 0 Å². The molecule has 0 amide bonds. The largest absolute Gasteiger partial charge is 0.354 e. The molecule has 9 aromatic carbocycles. The highest BCUT2D eigenvalue weighted by Crippen LogP contribution is 2.56. The minimum absolute atomic E-state index is 0.0830. The molecule has 75 heavy (non-hydrogen) atoms. The molecular formula is C70H60BNS3. The van der Waals surface area contributed by atoms with Crippen molar-refractivity contribution in [2.75, 3.05) is 5.32 Å². The van der Waals surface area contributed by atoms with Gasteiger partial charge < -0.3 is 5.32 Å². The highest BCUT2D eigenvalue weighted by Gasteiger charge is 2.41. The van der Waals surface area contributed by atoms with Crippen LogP contribution in [0.15, 0.2) is 140 Å². The van der Waals surface area contributed by atoms with Crippen molar-refractivity contribution in [2.45, 2.75) is 115 Å². The molecule has 3 aromatic heterocycles. The Bertz CT molecular complexity index is 4530. The van der Waals surface area contributed by atoms with Crippen molar-refractivity contribution in [1.29, 1.82) is 0 Å². The number of nitrogens with one attached hydrogen (secondary N) is 1. The molecule has 0 radical (unpaired) electrons. The summed E-state index contributed by atoms with van der Waals surface area (Å²) >= 11 is 5.98. The monoisotopic (exact) mass is 1020 g/mol. The van der Waals surface area contributed by atoms with Gasteiger partial charge in [0.2, 0.25) is 0 Å². The fourth-order valence-electron chi connectivity index (χ4n) is 15.0. The van der Waals surface area contributed by atoms with Gasteiger partial charge in [0.25, 0.3) is 0 Å². The molecule has 1 unspecified atom stereocenters. The van der Waals surface area contributed by atoms with E-state index in [1.165, 1.54) is 169 Å². The molecule has 12 aromatic rings. The highest BCUT2D eigenvalue weighted by molar-refractivity contribution is 7.27. The molecule has 0 bridgehead atoms. The minimum atomic E-state index is 0.0830. The standard InChI is InChI=1S/C70H60BNS3/c1-67(2)25-27-69(5,6)50-35-58-44(33-48(50)67)61-53(20-14-22-56(61)73-58)72-54-23-24-57-63(45-34-49-51(36-59(45)74-57)70(7,8)28-26-68(49,3)4)62(54)47-32-43-40-17-11-12-21-55(40)75-66(43)64-46-31-39-29-37-15-9-10-16-38(37)30-42(39)41-18-13-19-52(60(41)46)71-65(47)64/h9-24,29-30,32-36,46,71-72H,25-28,31H2,1-8H3. The molecule has 366 valence electrons. The fourth-order valence-corrected chi connectivity index (χ4v) is 18.6. The van der Waals surface area contributed by atoms with Crippen molar-refractivity contribution in [3.05, 3.63) is 178 Å². The zero-order valence-corrected chi connectivity index (χ0v) is 46.8. The summed E-state index contributed by atoms with van der Waals surface area (Å²) in [6, 6.07) is 55.4. The van der Waals surface area contributed by atoms with Crippen LogP contribution in [0.2, 0.25) is 0 Å². The van der Waals surface area contributed by atoms with Crippen LogP contribution in [-0.4, -0.2) is 7.28 Å². The van der Waals surface area contributed by atoms with E-state index in [1.54, 1.807) is 11.1 Å². The van der Waals surface area contributed by atoms with Gasteiger partial charge in [-0.05, 0) is 187 Å². The van der Waals surface area contributed by atoms with E-state index in [0.29, 0.717) is 0 Å². The Labute approximate surface area is 452 Å². The van der Waals surface area contributed by atoms with E-state index in [1.807, 2.05) is 34.0 Å². The van der Waals surface area contributed by atoms with E-state index in [4.69, 9.17) is 0 Å². The quantitative estimate of drug-likeness (QED) is 0.174. The second-order valence-electron chi connectivity index (χ2n) is 25.7. The molecule has 1 N–H and O–H groups in total. The molecular weight excluding hydrogens is 962 g/mol. The van der Waals surface area contributed by atoms with Crippen LogP contribution in [0.4, 0.5) is 11.4 Å². The number of fused-ring (bicyclic) bond motifs is 17. The topological polar surface area (TPSA) is 12.0 Å². The first-order chi connectivity index (χ1) is 36.1. The average molecular weight is 1020 g/mol. The zero-order valence-electron chi connectivity index (χ0n) is 44.3. The molecule has 0 saturated heterocycles. The predicted molar refractivity (Wildman–Crippen MR) is 332 cm³/mol. The lowest BCUT2D eigenvalue weighted by Crippen LogP contribution is -2.42. The first-order valence-electron chi connectivity index (χ1n) is 27.5. The second-order valence-corrected chi connectivity index (χ2v) is 28.9. The van der Waals surface area contributed by atoms with Gasteiger partial charge in [0.1, 0.15) is 0 Å². The van der Waals surface area contributed by atoms with E-state index in [-0.39, 0.29) is 27.6 Å². The Hall–Kier alpha value is -6.24. The van der Waals surface area contributed by atoms with Crippen LogP contribution in [0.5, 0.6) is 0 Å². The van der Waals surface area contributed by atoms with Crippen LogP contribution >= 0.6 is 34.0 Å². The van der Waals surface area contributed by atoms with Crippen molar-refractivity contribution in [1.82, 2.24) is 0 Å². The SMILES string of the molecule is CC1(C)CCC(C)(C)c2cc3c(cc21)sc1cccc(Nc2ccc4sc5cc6c(cc5c4c2-c2cc4c(sc5ccccc54)c4c2Bc2cccc5c2C4Cc2cc4ccccc4cc2-5)C(C)(C)CCC6(C)C)c13. The van der Waals surface area contributed by atoms with Gasteiger partial charge in [-0.15, -0.1) is 34.0 Å². The number of anilines is 2. The summed E-state index contributed by atoms with van der Waals surface area (Å²) in [5.74, 6) is 0.236. The maximum absolute atomic E-state index is 4.34. The van der Waals surface area contributed by atoms with E-state index in [0.717, 1.165) is 13.7 Å². The molecule has 16 rings (SSSR count). The normalized spacial score (nSPS) is 18.5. The Morgan fingerprint density at radius 2 is 1.04 bits per heavy atom. The molecule has 0 spiro atoms. The van der Waals surface area contributed by atoms with Gasteiger partial charge in [0.15, 0.2) is 7.28 Å². The Balaban J connectivity index is 1.00. The van der Waals surface area contributed by atoms with Gasteiger partial charge in [-0.25, -0.2) is 0 Å². The van der Waals surface area contributed by atoms with Gasteiger partial charge in [-0.1, -0.05) is 139 Å². The maximum atomic E-state index is 4.34. The third-order valence-electron chi connectivity index (χ3n) is 19.4. The fraction of sp³-hybridized carbons (Fsp3) is 0.257. The zero-order chi connectivity index (χ0) is 50.7. The minimum Gasteiger partial charge on any atom is -0.354 e. The van der Waals surface area contributed by atoms with Crippen LogP contribution in [0.25, 0.3) is 93.5 Å². The average Bonchev–Trinajstić information content (AvgIpc) is 4.09. The number of thiophene rings is 3. The van der Waals surface area contributed by atoms with Crippen LogP contribution in [0, 0.1) is 0 Å². The highest BCUT2D eigenvalue weighted by atomic mass is 32.1. The van der Waals surface area contributed by atoms with Gasteiger partial charge >= 0.3 is 0 Å². The van der Waals surface area contributed by atoms with Crippen LogP contribution in [0.3, 0.4) is 0 Å². The molecule has 1 aliphatic heterocycles. The summed E-state index contributed by atoms with van der Waals surface area (Å²) in [5.41, 5.74) is 22.0. The molecule has 3 aliphatic carbocycles. The van der Waals surface area contributed by atoms with Gasteiger partial charge in [0.05, 0.1) is 0 Å². The number of hydrogen-bond donors (Lipinski definition) is 1. The molecule has 0 fully saturated rings. The summed E-state index contributed by atoms with van der Waals surface area (Å²) in [4.78, 5) is 0. The van der Waals surface area contributed by atoms with Crippen molar-refractivity contribution >= 4 is 135 Å². The van der Waals surface area contributed by atoms with Crippen molar-refractivity contribution < 1.29 is 0 Å². The molecule has 1 atom stereocenters.